The van der Waals surface area contributed by atoms with Gasteiger partial charge in [-0.05, 0) is 49.6 Å². The van der Waals surface area contributed by atoms with Crippen LogP contribution in [0.2, 0.25) is 0 Å². The minimum Gasteiger partial charge on any atom is -0.486 e. The van der Waals surface area contributed by atoms with Crippen LogP contribution >= 0.6 is 0 Å². The fourth-order valence-electron chi connectivity index (χ4n) is 3.69. The summed E-state index contributed by atoms with van der Waals surface area (Å²) in [6, 6.07) is 9.36. The van der Waals surface area contributed by atoms with E-state index >= 15 is 0 Å². The normalized spacial score (nSPS) is 13.4. The van der Waals surface area contributed by atoms with Crippen molar-refractivity contribution in [1.82, 2.24) is 15.0 Å². The first-order chi connectivity index (χ1) is 15.9. The molecule has 4 rings (SSSR count). The van der Waals surface area contributed by atoms with E-state index in [0.29, 0.717) is 24.5 Å². The molecule has 2 aromatic carbocycles. The number of hydrogen-bond acceptors (Lipinski definition) is 7. The maximum absolute atomic E-state index is 13.8. The third-order valence-corrected chi connectivity index (χ3v) is 5.21. The molecule has 1 aliphatic heterocycles. The Balaban J connectivity index is 1.40. The van der Waals surface area contributed by atoms with Crippen LogP contribution in [0.1, 0.15) is 29.8 Å². The summed E-state index contributed by atoms with van der Waals surface area (Å²) in [5.41, 5.74) is 7.53. The highest BCUT2D eigenvalue weighted by Crippen LogP contribution is 2.27. The van der Waals surface area contributed by atoms with E-state index < -0.39 is 11.6 Å². The molecule has 0 spiro atoms. The Hall–Kier alpha value is -3.82. The third kappa shape index (κ3) is 5.51. The molecule has 0 saturated carbocycles. The molecule has 0 atom stereocenters. The monoisotopic (exact) mass is 454 g/mol. The Labute approximate surface area is 189 Å². The summed E-state index contributed by atoms with van der Waals surface area (Å²) in [4.78, 5) is 26.2. The molecule has 1 aliphatic rings. The molecule has 0 aliphatic carbocycles. The number of rotatable bonds is 8. The van der Waals surface area contributed by atoms with E-state index in [-0.39, 0.29) is 42.9 Å². The van der Waals surface area contributed by atoms with E-state index in [4.69, 9.17) is 10.5 Å². The average Bonchev–Trinajstić information content (AvgIpc) is 3.20. The first kappa shape index (κ1) is 22.4. The number of hydrogen-bond donors (Lipinski definition) is 2. The zero-order chi connectivity index (χ0) is 23.4. The molecule has 0 unspecified atom stereocenters. The van der Waals surface area contributed by atoms with Crippen LogP contribution in [-0.4, -0.2) is 33.9 Å². The maximum atomic E-state index is 13.8. The molecule has 3 N–H and O–H groups in total. The van der Waals surface area contributed by atoms with E-state index in [1.165, 1.54) is 18.2 Å². The van der Waals surface area contributed by atoms with Crippen LogP contribution < -0.4 is 20.7 Å². The van der Waals surface area contributed by atoms with Gasteiger partial charge in [-0.3, -0.25) is 4.79 Å². The van der Waals surface area contributed by atoms with Crippen LogP contribution in [0.25, 0.3) is 0 Å². The van der Waals surface area contributed by atoms with E-state index in [2.05, 4.69) is 20.3 Å². The summed E-state index contributed by atoms with van der Waals surface area (Å²) >= 11 is 0. The Morgan fingerprint density at radius 3 is 2.67 bits per heavy atom. The van der Waals surface area contributed by atoms with Crippen molar-refractivity contribution in [3.63, 3.8) is 0 Å². The van der Waals surface area contributed by atoms with Crippen LogP contribution in [0.15, 0.2) is 36.4 Å². The summed E-state index contributed by atoms with van der Waals surface area (Å²) < 4.78 is 33.4. The SMILES string of the molecule is Cc1cc(OCc2nc(N)nc(NCCc3c(F)cccc3F)n2)cc(N2CCCC2=O)c1. The van der Waals surface area contributed by atoms with Gasteiger partial charge in [0.05, 0.1) is 0 Å². The number of nitrogens with two attached hydrogens (primary N) is 1. The Morgan fingerprint density at radius 1 is 1.15 bits per heavy atom. The first-order valence-corrected chi connectivity index (χ1v) is 10.6. The summed E-state index contributed by atoms with van der Waals surface area (Å²) in [6.07, 6.45) is 1.50. The number of nitrogens with zero attached hydrogens (tertiary/aromatic N) is 4. The number of halogens is 2. The number of benzene rings is 2. The van der Waals surface area contributed by atoms with Gasteiger partial charge in [-0.1, -0.05) is 6.07 Å². The number of amides is 1. The lowest BCUT2D eigenvalue weighted by Crippen LogP contribution is -2.23. The molecule has 172 valence electrons. The number of anilines is 3. The highest BCUT2D eigenvalue weighted by Gasteiger charge is 2.22. The standard InChI is InChI=1S/C23H24F2N6O2/c1-14-10-15(31-9-3-6-21(31)32)12-16(11-14)33-13-20-28-22(26)30-23(29-20)27-8-7-17-18(24)4-2-5-19(17)25/h2,4-5,10-12H,3,6-9,13H2,1H3,(H3,26,27,28,29,30). The van der Waals surface area contributed by atoms with Crippen molar-refractivity contribution in [2.45, 2.75) is 32.8 Å². The summed E-state index contributed by atoms with van der Waals surface area (Å²) in [6.45, 7) is 2.85. The molecule has 3 aromatic rings. The number of carbonyl (C=O) groups is 1. The van der Waals surface area contributed by atoms with E-state index in [1.54, 1.807) is 4.90 Å². The van der Waals surface area contributed by atoms with Crippen molar-refractivity contribution in [3.05, 3.63) is 65.0 Å². The van der Waals surface area contributed by atoms with Gasteiger partial charge in [0.25, 0.3) is 0 Å². The molecule has 1 saturated heterocycles. The predicted molar refractivity (Wildman–Crippen MR) is 120 cm³/mol. The Bertz CT molecular complexity index is 1150. The molecule has 2 heterocycles. The van der Waals surface area contributed by atoms with E-state index in [9.17, 15) is 13.6 Å². The van der Waals surface area contributed by atoms with Crippen molar-refractivity contribution in [3.8, 4) is 5.75 Å². The van der Waals surface area contributed by atoms with Crippen LogP contribution in [0, 0.1) is 18.6 Å². The molecule has 8 nitrogen and oxygen atoms in total. The van der Waals surface area contributed by atoms with Crippen LogP contribution in [0.4, 0.5) is 26.4 Å². The van der Waals surface area contributed by atoms with Gasteiger partial charge in [-0.15, -0.1) is 0 Å². The second-order valence-corrected chi connectivity index (χ2v) is 7.75. The van der Waals surface area contributed by atoms with Crippen LogP contribution in [0.3, 0.4) is 0 Å². The maximum Gasteiger partial charge on any atom is 0.227 e. The zero-order valence-electron chi connectivity index (χ0n) is 18.1. The van der Waals surface area contributed by atoms with Gasteiger partial charge in [0.1, 0.15) is 24.0 Å². The number of aryl methyl sites for hydroxylation is 1. The quantitative estimate of drug-likeness (QED) is 0.537. The zero-order valence-corrected chi connectivity index (χ0v) is 18.1. The van der Waals surface area contributed by atoms with Gasteiger partial charge < -0.3 is 20.7 Å². The van der Waals surface area contributed by atoms with Crippen molar-refractivity contribution >= 4 is 23.5 Å². The highest BCUT2D eigenvalue weighted by atomic mass is 19.1. The lowest BCUT2D eigenvalue weighted by Gasteiger charge is -2.18. The number of aromatic nitrogens is 3. The topological polar surface area (TPSA) is 106 Å². The van der Waals surface area contributed by atoms with Gasteiger partial charge in [-0.2, -0.15) is 15.0 Å². The molecule has 33 heavy (non-hydrogen) atoms. The number of carbonyl (C=O) groups excluding carboxylic acids is 1. The Kier molecular flexibility index (Phi) is 6.62. The third-order valence-electron chi connectivity index (χ3n) is 5.21. The first-order valence-electron chi connectivity index (χ1n) is 10.6. The number of nitrogen functional groups attached to an aromatic ring is 1. The van der Waals surface area contributed by atoms with Gasteiger partial charge in [0.15, 0.2) is 5.82 Å². The lowest BCUT2D eigenvalue weighted by molar-refractivity contribution is -0.117. The molecule has 10 heteroatoms. The molecular formula is C23H24F2N6O2. The van der Waals surface area contributed by atoms with E-state index in [0.717, 1.165) is 17.7 Å². The smallest absolute Gasteiger partial charge is 0.227 e. The summed E-state index contributed by atoms with van der Waals surface area (Å²) in [5.74, 6) is -0.0528. The van der Waals surface area contributed by atoms with Crippen molar-refractivity contribution in [2.24, 2.45) is 0 Å². The second-order valence-electron chi connectivity index (χ2n) is 7.75. The second kappa shape index (κ2) is 9.76. The molecule has 1 aromatic heterocycles. The van der Waals surface area contributed by atoms with Crippen molar-refractivity contribution in [1.29, 1.82) is 0 Å². The Morgan fingerprint density at radius 2 is 1.94 bits per heavy atom. The van der Waals surface area contributed by atoms with Gasteiger partial charge in [-0.25, -0.2) is 8.78 Å². The minimum absolute atomic E-state index is 0.00392. The van der Waals surface area contributed by atoms with Crippen LogP contribution in [0.5, 0.6) is 5.75 Å². The largest absolute Gasteiger partial charge is 0.486 e. The highest BCUT2D eigenvalue weighted by molar-refractivity contribution is 5.95. The number of nitrogens with one attached hydrogen (secondary N) is 1. The van der Waals surface area contributed by atoms with Gasteiger partial charge >= 0.3 is 0 Å². The lowest BCUT2D eigenvalue weighted by atomic mass is 10.1. The fourth-order valence-corrected chi connectivity index (χ4v) is 3.69. The minimum atomic E-state index is -0.603. The predicted octanol–water partition coefficient (Wildman–Crippen LogP) is 3.40. The van der Waals surface area contributed by atoms with Crippen molar-refractivity contribution in [2.75, 3.05) is 29.0 Å². The van der Waals surface area contributed by atoms with Gasteiger partial charge in [0.2, 0.25) is 17.8 Å². The molecule has 0 radical (unpaired) electrons. The van der Waals surface area contributed by atoms with Crippen LogP contribution in [-0.2, 0) is 17.8 Å². The van der Waals surface area contributed by atoms with Crippen molar-refractivity contribution < 1.29 is 18.3 Å². The molecule has 1 amide bonds. The molecular weight excluding hydrogens is 430 g/mol. The fraction of sp³-hybridized carbons (Fsp3) is 0.304. The molecule has 0 bridgehead atoms. The summed E-state index contributed by atoms with van der Waals surface area (Å²) in [7, 11) is 0. The summed E-state index contributed by atoms with van der Waals surface area (Å²) in [5, 5.41) is 2.91. The van der Waals surface area contributed by atoms with Gasteiger partial charge in [0, 0.05) is 36.8 Å². The average molecular weight is 454 g/mol. The molecule has 1 fully saturated rings. The van der Waals surface area contributed by atoms with E-state index in [1.807, 2.05) is 25.1 Å². The number of ether oxygens (including phenoxy) is 1.